The molecule has 0 unspecified atom stereocenters. The minimum Gasteiger partial charge on any atom is -0.497 e. The molecule has 6 heteroatoms. The molecule has 1 amide bonds. The number of carbonyl (C=O) groups excluding carboxylic acids is 1. The molecule has 0 aliphatic rings. The Labute approximate surface area is 172 Å². The van der Waals surface area contributed by atoms with Crippen LogP contribution in [0.4, 0.5) is 11.4 Å². The highest BCUT2D eigenvalue weighted by Crippen LogP contribution is 2.26. The minimum atomic E-state index is -0.230. The number of amides is 1. The van der Waals surface area contributed by atoms with E-state index >= 15 is 0 Å². The van der Waals surface area contributed by atoms with Crippen molar-refractivity contribution in [3.05, 3.63) is 82.8 Å². The Morgan fingerprint density at radius 1 is 0.964 bits per heavy atom. The van der Waals surface area contributed by atoms with Crippen molar-refractivity contribution in [1.82, 2.24) is 0 Å². The smallest absolute Gasteiger partial charge is 0.262 e. The molecular formula is C22H21BrN2O3. The van der Waals surface area contributed by atoms with Gasteiger partial charge in [0.15, 0.2) is 6.61 Å². The summed E-state index contributed by atoms with van der Waals surface area (Å²) in [5.74, 6) is 1.13. The van der Waals surface area contributed by atoms with Gasteiger partial charge in [0.1, 0.15) is 11.5 Å². The Morgan fingerprint density at radius 3 is 2.39 bits per heavy atom. The lowest BCUT2D eigenvalue weighted by atomic mass is 10.2. The number of hydrogen-bond donors (Lipinski definition) is 2. The zero-order valence-corrected chi connectivity index (χ0v) is 17.0. The van der Waals surface area contributed by atoms with Gasteiger partial charge < -0.3 is 20.1 Å². The minimum absolute atomic E-state index is 0.0771. The lowest BCUT2D eigenvalue weighted by Gasteiger charge is -2.11. The standard InChI is InChI=1S/C22H21BrN2O3/c1-27-19-10-8-18(9-11-19)25-22(26)15-28-21-12-7-16(13-20(21)23)14-24-17-5-3-2-4-6-17/h2-13,24H,14-15H2,1H3,(H,25,26). The molecule has 0 saturated carbocycles. The summed E-state index contributed by atoms with van der Waals surface area (Å²) in [6.07, 6.45) is 0. The summed E-state index contributed by atoms with van der Waals surface area (Å²) in [7, 11) is 1.60. The number of halogens is 1. The fourth-order valence-corrected chi connectivity index (χ4v) is 3.09. The van der Waals surface area contributed by atoms with Gasteiger partial charge in [-0.2, -0.15) is 0 Å². The SMILES string of the molecule is COc1ccc(NC(=O)COc2ccc(CNc3ccccc3)cc2Br)cc1. The van der Waals surface area contributed by atoms with E-state index in [2.05, 4.69) is 26.6 Å². The van der Waals surface area contributed by atoms with E-state index in [1.807, 2.05) is 48.5 Å². The van der Waals surface area contributed by atoms with Crippen molar-refractivity contribution in [1.29, 1.82) is 0 Å². The Bertz CT molecular complexity index is 915. The normalized spacial score (nSPS) is 10.2. The van der Waals surface area contributed by atoms with Gasteiger partial charge >= 0.3 is 0 Å². The second-order valence-corrected chi connectivity index (χ2v) is 6.90. The van der Waals surface area contributed by atoms with Crippen molar-refractivity contribution >= 4 is 33.2 Å². The second-order valence-electron chi connectivity index (χ2n) is 6.05. The first kappa shape index (κ1) is 19.8. The maximum absolute atomic E-state index is 12.1. The summed E-state index contributed by atoms with van der Waals surface area (Å²) in [6, 6.07) is 22.9. The summed E-state index contributed by atoms with van der Waals surface area (Å²) in [5.41, 5.74) is 2.86. The van der Waals surface area contributed by atoms with Crippen LogP contribution in [0.2, 0.25) is 0 Å². The molecule has 0 fully saturated rings. The Morgan fingerprint density at radius 2 is 1.71 bits per heavy atom. The molecule has 144 valence electrons. The van der Waals surface area contributed by atoms with Gasteiger partial charge in [-0.25, -0.2) is 0 Å². The van der Waals surface area contributed by atoms with Crippen molar-refractivity contribution in [2.24, 2.45) is 0 Å². The summed E-state index contributed by atoms with van der Waals surface area (Å²) in [6.45, 7) is 0.618. The van der Waals surface area contributed by atoms with Gasteiger partial charge in [0.25, 0.3) is 5.91 Å². The van der Waals surface area contributed by atoms with E-state index in [-0.39, 0.29) is 12.5 Å². The first-order valence-corrected chi connectivity index (χ1v) is 9.57. The predicted molar refractivity (Wildman–Crippen MR) is 115 cm³/mol. The number of nitrogens with one attached hydrogen (secondary N) is 2. The number of benzene rings is 3. The first-order chi connectivity index (χ1) is 13.6. The average Bonchev–Trinajstić information content (AvgIpc) is 2.73. The van der Waals surface area contributed by atoms with Gasteiger partial charge in [0.2, 0.25) is 0 Å². The number of rotatable bonds is 8. The molecule has 2 N–H and O–H groups in total. The van der Waals surface area contributed by atoms with Crippen LogP contribution in [0.1, 0.15) is 5.56 Å². The van der Waals surface area contributed by atoms with E-state index in [1.165, 1.54) is 0 Å². The van der Waals surface area contributed by atoms with Crippen molar-refractivity contribution < 1.29 is 14.3 Å². The number of methoxy groups -OCH3 is 1. The van der Waals surface area contributed by atoms with Gasteiger partial charge in [-0.1, -0.05) is 24.3 Å². The topological polar surface area (TPSA) is 59.6 Å². The molecule has 0 aliphatic carbocycles. The molecule has 0 saturated heterocycles. The fraction of sp³-hybridized carbons (Fsp3) is 0.136. The van der Waals surface area contributed by atoms with Crippen LogP contribution < -0.4 is 20.1 Å². The number of ether oxygens (including phenoxy) is 2. The number of carbonyl (C=O) groups is 1. The highest BCUT2D eigenvalue weighted by atomic mass is 79.9. The lowest BCUT2D eigenvalue weighted by molar-refractivity contribution is -0.118. The molecule has 0 radical (unpaired) electrons. The molecule has 0 aromatic heterocycles. The van der Waals surface area contributed by atoms with Gasteiger partial charge in [-0.3, -0.25) is 4.79 Å². The highest BCUT2D eigenvalue weighted by molar-refractivity contribution is 9.10. The van der Waals surface area contributed by atoms with Crippen LogP contribution in [0.3, 0.4) is 0 Å². The van der Waals surface area contributed by atoms with Crippen LogP contribution in [0, 0.1) is 0 Å². The third-order valence-electron chi connectivity index (χ3n) is 4.00. The summed E-state index contributed by atoms with van der Waals surface area (Å²) in [5, 5.41) is 6.15. The van der Waals surface area contributed by atoms with Crippen LogP contribution in [-0.2, 0) is 11.3 Å². The van der Waals surface area contributed by atoms with Crippen LogP contribution in [0.25, 0.3) is 0 Å². The zero-order valence-electron chi connectivity index (χ0n) is 15.4. The molecule has 5 nitrogen and oxygen atoms in total. The first-order valence-electron chi connectivity index (χ1n) is 8.78. The average molecular weight is 441 g/mol. The Kier molecular flexibility index (Phi) is 6.92. The van der Waals surface area contributed by atoms with Gasteiger partial charge in [0, 0.05) is 17.9 Å². The van der Waals surface area contributed by atoms with Crippen LogP contribution in [0.5, 0.6) is 11.5 Å². The molecule has 0 spiro atoms. The van der Waals surface area contributed by atoms with E-state index < -0.39 is 0 Å². The molecule has 3 aromatic carbocycles. The predicted octanol–water partition coefficient (Wildman–Crippen LogP) is 5.09. The van der Waals surface area contributed by atoms with Crippen LogP contribution in [0.15, 0.2) is 77.3 Å². The highest BCUT2D eigenvalue weighted by Gasteiger charge is 2.07. The Balaban J connectivity index is 1.50. The van der Waals surface area contributed by atoms with Crippen molar-refractivity contribution in [3.8, 4) is 11.5 Å². The molecule has 3 rings (SSSR count). The third-order valence-corrected chi connectivity index (χ3v) is 4.62. The quantitative estimate of drug-likeness (QED) is 0.512. The van der Waals surface area contributed by atoms with E-state index in [0.717, 1.165) is 21.5 Å². The van der Waals surface area contributed by atoms with Crippen molar-refractivity contribution in [3.63, 3.8) is 0 Å². The van der Waals surface area contributed by atoms with E-state index in [0.29, 0.717) is 18.0 Å². The summed E-state index contributed by atoms with van der Waals surface area (Å²) < 4.78 is 11.5. The molecule has 0 atom stereocenters. The molecule has 0 heterocycles. The second kappa shape index (κ2) is 9.80. The molecule has 0 aliphatic heterocycles. The zero-order chi connectivity index (χ0) is 19.8. The van der Waals surface area contributed by atoms with Crippen molar-refractivity contribution in [2.75, 3.05) is 24.4 Å². The van der Waals surface area contributed by atoms with Crippen LogP contribution >= 0.6 is 15.9 Å². The maximum atomic E-state index is 12.1. The summed E-state index contributed by atoms with van der Waals surface area (Å²) >= 11 is 3.51. The monoisotopic (exact) mass is 440 g/mol. The Hall–Kier alpha value is -2.99. The van der Waals surface area contributed by atoms with E-state index in [9.17, 15) is 4.79 Å². The van der Waals surface area contributed by atoms with Gasteiger partial charge in [-0.05, 0) is 70.0 Å². The molecular weight excluding hydrogens is 420 g/mol. The molecule has 28 heavy (non-hydrogen) atoms. The summed E-state index contributed by atoms with van der Waals surface area (Å²) in [4.78, 5) is 12.1. The maximum Gasteiger partial charge on any atom is 0.262 e. The molecule has 0 bridgehead atoms. The number of para-hydroxylation sites is 1. The fourth-order valence-electron chi connectivity index (χ4n) is 2.55. The number of hydrogen-bond acceptors (Lipinski definition) is 4. The number of anilines is 2. The van der Waals surface area contributed by atoms with Crippen molar-refractivity contribution in [2.45, 2.75) is 6.54 Å². The lowest BCUT2D eigenvalue weighted by Crippen LogP contribution is -2.20. The van der Waals surface area contributed by atoms with Gasteiger partial charge in [0.05, 0.1) is 11.6 Å². The van der Waals surface area contributed by atoms with Crippen LogP contribution in [-0.4, -0.2) is 19.6 Å². The molecule has 3 aromatic rings. The van der Waals surface area contributed by atoms with E-state index in [4.69, 9.17) is 9.47 Å². The van der Waals surface area contributed by atoms with Gasteiger partial charge in [-0.15, -0.1) is 0 Å². The van der Waals surface area contributed by atoms with E-state index in [1.54, 1.807) is 31.4 Å². The largest absolute Gasteiger partial charge is 0.497 e. The third kappa shape index (κ3) is 5.76.